The molecule has 0 saturated heterocycles. The highest BCUT2D eigenvalue weighted by Crippen LogP contribution is 2.04. The molecule has 1 N–H and O–H groups in total. The van der Waals surface area contributed by atoms with Gasteiger partial charge in [0, 0.05) is 12.4 Å². The molecule has 0 aliphatic rings. The van der Waals surface area contributed by atoms with Crippen molar-refractivity contribution < 1.29 is 8.42 Å². The Morgan fingerprint density at radius 3 is 2.82 bits per heavy atom. The molecule has 0 aliphatic heterocycles. The van der Waals surface area contributed by atoms with Crippen LogP contribution in [0, 0.1) is 11.3 Å². The Morgan fingerprint density at radius 2 is 2.18 bits per heavy atom. The van der Waals surface area contributed by atoms with E-state index in [1.165, 1.54) is 0 Å². The van der Waals surface area contributed by atoms with Gasteiger partial charge in [0.1, 0.15) is 0 Å². The van der Waals surface area contributed by atoms with Gasteiger partial charge in [0.2, 0.25) is 10.0 Å². The predicted molar refractivity (Wildman–Crippen MR) is 67.1 cm³/mol. The summed E-state index contributed by atoms with van der Waals surface area (Å²) in [5.41, 5.74) is 1.28. The smallest absolute Gasteiger partial charge is 0.211 e. The fourth-order valence-corrected chi connectivity index (χ4v) is 2.61. The number of nitrogens with one attached hydrogen (secondary N) is 1. The Balaban J connectivity index is 2.58. The number of sulfonamides is 1. The van der Waals surface area contributed by atoms with E-state index in [1.54, 1.807) is 24.3 Å². The minimum Gasteiger partial charge on any atom is -0.212 e. The minimum absolute atomic E-state index is 0.0223. The van der Waals surface area contributed by atoms with E-state index in [2.05, 4.69) is 4.72 Å². The Morgan fingerprint density at radius 1 is 1.41 bits per heavy atom. The lowest BCUT2D eigenvalue weighted by atomic mass is 10.1. The van der Waals surface area contributed by atoms with E-state index in [9.17, 15) is 8.42 Å². The maximum absolute atomic E-state index is 11.5. The first-order valence-corrected chi connectivity index (χ1v) is 7.28. The van der Waals surface area contributed by atoms with Gasteiger partial charge >= 0.3 is 0 Å². The number of rotatable bonds is 6. The van der Waals surface area contributed by atoms with Crippen LogP contribution >= 0.6 is 11.6 Å². The van der Waals surface area contributed by atoms with Gasteiger partial charge in [-0.1, -0.05) is 12.1 Å². The quantitative estimate of drug-likeness (QED) is 0.800. The highest BCUT2D eigenvalue weighted by molar-refractivity contribution is 7.89. The largest absolute Gasteiger partial charge is 0.212 e. The fraction of sp³-hybridized carbons (Fsp3) is 0.364. The van der Waals surface area contributed by atoms with Gasteiger partial charge in [0.25, 0.3) is 0 Å². The zero-order chi connectivity index (χ0) is 12.7. The van der Waals surface area contributed by atoms with E-state index >= 15 is 0 Å². The Bertz CT molecular complexity index is 508. The number of hydrogen-bond donors (Lipinski definition) is 1. The molecular weight excluding hydrogens is 260 g/mol. The molecule has 17 heavy (non-hydrogen) atoms. The van der Waals surface area contributed by atoms with Crippen LogP contribution in [0.2, 0.25) is 0 Å². The lowest BCUT2D eigenvalue weighted by Crippen LogP contribution is -2.26. The average molecular weight is 273 g/mol. The Kier molecular flexibility index (Phi) is 5.42. The molecule has 0 aliphatic carbocycles. The molecule has 0 atom stereocenters. The molecule has 0 unspecified atom stereocenters. The van der Waals surface area contributed by atoms with Crippen LogP contribution in [-0.4, -0.2) is 20.1 Å². The van der Waals surface area contributed by atoms with Crippen LogP contribution < -0.4 is 4.72 Å². The predicted octanol–water partition coefficient (Wildman–Crippen LogP) is 1.61. The molecule has 6 heteroatoms. The normalized spacial score (nSPS) is 11.1. The van der Waals surface area contributed by atoms with Crippen LogP contribution in [0.25, 0.3) is 0 Å². The summed E-state index contributed by atoms with van der Waals surface area (Å²) in [6.07, 6.45) is 0.426. The molecule has 0 fully saturated rings. The summed E-state index contributed by atoms with van der Waals surface area (Å²) in [5, 5.41) is 8.70. The van der Waals surface area contributed by atoms with Gasteiger partial charge in [-0.2, -0.15) is 5.26 Å². The van der Waals surface area contributed by atoms with Crippen molar-refractivity contribution in [2.75, 3.05) is 11.6 Å². The molecular formula is C11H13ClN2O2S. The monoisotopic (exact) mass is 272 g/mol. The second-order valence-electron chi connectivity index (χ2n) is 3.49. The molecule has 0 saturated carbocycles. The second kappa shape index (κ2) is 6.60. The molecule has 4 nitrogen and oxygen atoms in total. The van der Waals surface area contributed by atoms with E-state index in [0.29, 0.717) is 17.9 Å². The summed E-state index contributed by atoms with van der Waals surface area (Å²) >= 11 is 5.44. The zero-order valence-electron chi connectivity index (χ0n) is 9.19. The molecule has 1 aromatic carbocycles. The number of hydrogen-bond acceptors (Lipinski definition) is 3. The maximum Gasteiger partial charge on any atom is 0.211 e. The summed E-state index contributed by atoms with van der Waals surface area (Å²) in [7, 11) is -3.28. The molecule has 0 bridgehead atoms. The number of nitrogens with zero attached hydrogens (tertiary/aromatic N) is 1. The molecule has 0 radical (unpaired) electrons. The second-order valence-corrected chi connectivity index (χ2v) is 5.80. The molecule has 0 amide bonds. The number of benzene rings is 1. The van der Waals surface area contributed by atoms with Crippen molar-refractivity contribution in [2.45, 2.75) is 13.0 Å². The van der Waals surface area contributed by atoms with Gasteiger partial charge in [0.05, 0.1) is 17.4 Å². The zero-order valence-corrected chi connectivity index (χ0v) is 10.8. The molecule has 0 heterocycles. The lowest BCUT2D eigenvalue weighted by Gasteiger charge is -2.06. The van der Waals surface area contributed by atoms with Crippen molar-refractivity contribution in [2.24, 2.45) is 0 Å². The van der Waals surface area contributed by atoms with E-state index < -0.39 is 10.0 Å². The topological polar surface area (TPSA) is 70.0 Å². The lowest BCUT2D eigenvalue weighted by molar-refractivity contribution is 0.580. The Hall–Kier alpha value is -1.09. The Labute approximate surface area is 106 Å². The fourth-order valence-electron chi connectivity index (χ4n) is 1.26. The standard InChI is InChI=1S/C11H13ClN2O2S/c12-5-2-6-17(15,16)14-9-11-4-1-3-10(7-11)8-13/h1,3-4,7,14H,2,5-6,9H2. The summed E-state index contributed by atoms with van der Waals surface area (Å²) in [6, 6.07) is 8.82. The van der Waals surface area contributed by atoms with Crippen LogP contribution in [0.5, 0.6) is 0 Å². The van der Waals surface area contributed by atoms with E-state index in [4.69, 9.17) is 16.9 Å². The van der Waals surface area contributed by atoms with Crippen molar-refractivity contribution in [1.82, 2.24) is 4.72 Å². The van der Waals surface area contributed by atoms with Crippen LogP contribution in [0.4, 0.5) is 0 Å². The summed E-state index contributed by atoms with van der Waals surface area (Å²) in [4.78, 5) is 0. The van der Waals surface area contributed by atoms with Gasteiger partial charge in [-0.25, -0.2) is 13.1 Å². The maximum atomic E-state index is 11.5. The van der Waals surface area contributed by atoms with Gasteiger partial charge < -0.3 is 0 Å². The van der Waals surface area contributed by atoms with E-state index in [1.807, 2.05) is 6.07 Å². The third-order valence-electron chi connectivity index (χ3n) is 2.10. The highest BCUT2D eigenvalue weighted by Gasteiger charge is 2.08. The average Bonchev–Trinajstić information content (AvgIpc) is 2.34. The number of alkyl halides is 1. The third kappa shape index (κ3) is 5.18. The van der Waals surface area contributed by atoms with Crippen molar-refractivity contribution in [1.29, 1.82) is 5.26 Å². The molecule has 1 aromatic rings. The minimum atomic E-state index is -3.28. The van der Waals surface area contributed by atoms with Crippen molar-refractivity contribution >= 4 is 21.6 Å². The first-order chi connectivity index (χ1) is 8.07. The van der Waals surface area contributed by atoms with Gasteiger partial charge in [-0.3, -0.25) is 0 Å². The van der Waals surface area contributed by atoms with Crippen LogP contribution in [0.15, 0.2) is 24.3 Å². The van der Waals surface area contributed by atoms with Gasteiger partial charge in [-0.15, -0.1) is 11.6 Å². The summed E-state index contributed by atoms with van der Waals surface area (Å²) < 4.78 is 25.4. The molecule has 0 spiro atoms. The van der Waals surface area contributed by atoms with Crippen molar-refractivity contribution in [3.8, 4) is 6.07 Å². The van der Waals surface area contributed by atoms with Crippen LogP contribution in [-0.2, 0) is 16.6 Å². The van der Waals surface area contributed by atoms with Crippen LogP contribution in [0.3, 0.4) is 0 Å². The first-order valence-electron chi connectivity index (χ1n) is 5.10. The molecule has 0 aromatic heterocycles. The summed E-state index contributed by atoms with van der Waals surface area (Å²) in [5.74, 6) is 0.346. The van der Waals surface area contributed by atoms with Crippen LogP contribution in [0.1, 0.15) is 17.5 Å². The first kappa shape index (κ1) is 14.0. The van der Waals surface area contributed by atoms with E-state index in [0.717, 1.165) is 5.56 Å². The van der Waals surface area contributed by atoms with Gasteiger partial charge in [0.15, 0.2) is 0 Å². The number of halogens is 1. The van der Waals surface area contributed by atoms with Crippen molar-refractivity contribution in [3.63, 3.8) is 0 Å². The molecule has 92 valence electrons. The van der Waals surface area contributed by atoms with Gasteiger partial charge in [-0.05, 0) is 24.1 Å². The third-order valence-corrected chi connectivity index (χ3v) is 3.78. The SMILES string of the molecule is N#Cc1cccc(CNS(=O)(=O)CCCCl)c1. The number of nitriles is 1. The summed E-state index contributed by atoms with van der Waals surface area (Å²) in [6.45, 7) is 0.195. The van der Waals surface area contributed by atoms with Crippen molar-refractivity contribution in [3.05, 3.63) is 35.4 Å². The van der Waals surface area contributed by atoms with E-state index in [-0.39, 0.29) is 12.3 Å². The highest BCUT2D eigenvalue weighted by atomic mass is 35.5. The molecule has 1 rings (SSSR count).